The summed E-state index contributed by atoms with van der Waals surface area (Å²) >= 11 is 0. The normalized spacial score (nSPS) is 10.8. The van der Waals surface area contributed by atoms with Crippen LogP contribution < -0.4 is 0 Å². The van der Waals surface area contributed by atoms with Gasteiger partial charge in [0, 0.05) is 5.56 Å². The lowest BCUT2D eigenvalue weighted by Crippen LogP contribution is -1.88. The van der Waals surface area contributed by atoms with E-state index in [2.05, 4.69) is 71.7 Å². The first-order chi connectivity index (χ1) is 12.3. The number of hydrogen-bond donors (Lipinski definition) is 0. The van der Waals surface area contributed by atoms with E-state index in [4.69, 9.17) is 4.42 Å². The van der Waals surface area contributed by atoms with Crippen LogP contribution in [0.15, 0.2) is 83.3 Å². The third-order valence-corrected chi connectivity index (χ3v) is 4.15. The van der Waals surface area contributed by atoms with Crippen LogP contribution in [0.5, 0.6) is 0 Å². The maximum atomic E-state index is 5.82. The Balaban J connectivity index is 1.51. The first-order valence-corrected chi connectivity index (χ1v) is 8.32. The van der Waals surface area contributed by atoms with Crippen LogP contribution in [0.4, 0.5) is 0 Å². The molecule has 0 aliphatic rings. The van der Waals surface area contributed by atoms with E-state index in [-0.39, 0.29) is 0 Å². The highest BCUT2D eigenvalue weighted by atomic mass is 16.4. The van der Waals surface area contributed by atoms with Gasteiger partial charge in [-0.3, -0.25) is 0 Å². The zero-order chi connectivity index (χ0) is 17.1. The summed E-state index contributed by atoms with van der Waals surface area (Å²) in [6, 6.07) is 26.9. The Labute approximate surface area is 147 Å². The maximum absolute atomic E-state index is 5.82. The highest BCUT2D eigenvalue weighted by Crippen LogP contribution is 2.22. The molecule has 25 heavy (non-hydrogen) atoms. The summed E-state index contributed by atoms with van der Waals surface area (Å²) in [5, 5.41) is 8.35. The Morgan fingerprint density at radius 3 is 2.20 bits per heavy atom. The van der Waals surface area contributed by atoms with Crippen molar-refractivity contribution in [2.24, 2.45) is 0 Å². The van der Waals surface area contributed by atoms with Crippen LogP contribution in [-0.2, 0) is 6.42 Å². The molecule has 122 valence electrons. The molecule has 0 aliphatic heterocycles. The highest BCUT2D eigenvalue weighted by molar-refractivity contribution is 5.63. The average molecular weight is 326 g/mol. The molecule has 3 nitrogen and oxygen atoms in total. The second-order valence-corrected chi connectivity index (χ2v) is 6.11. The molecular weight excluding hydrogens is 308 g/mol. The fourth-order valence-electron chi connectivity index (χ4n) is 2.84. The van der Waals surface area contributed by atoms with E-state index in [1.807, 2.05) is 24.3 Å². The minimum absolute atomic E-state index is 0.569. The molecule has 1 aromatic heterocycles. The minimum atomic E-state index is 0.569. The summed E-state index contributed by atoms with van der Waals surface area (Å²) in [5.74, 6) is 1.20. The smallest absolute Gasteiger partial charge is 0.247 e. The zero-order valence-electron chi connectivity index (χ0n) is 14.0. The van der Waals surface area contributed by atoms with Gasteiger partial charge in [-0.2, -0.15) is 0 Å². The molecule has 3 aromatic carbocycles. The first-order valence-electron chi connectivity index (χ1n) is 8.32. The molecule has 4 rings (SSSR count). The molecule has 0 fully saturated rings. The summed E-state index contributed by atoms with van der Waals surface area (Å²) in [6.45, 7) is 2.05. The number of hydrogen-bond acceptors (Lipinski definition) is 3. The molecule has 0 spiro atoms. The van der Waals surface area contributed by atoms with Gasteiger partial charge < -0.3 is 4.42 Å². The molecule has 4 aromatic rings. The van der Waals surface area contributed by atoms with Crippen LogP contribution in [0.2, 0.25) is 0 Å². The summed E-state index contributed by atoms with van der Waals surface area (Å²) < 4.78 is 5.82. The summed E-state index contributed by atoms with van der Waals surface area (Å²) in [7, 11) is 0. The standard InChI is InChI=1S/C22H18N2O/c1-16-6-5-9-20(14-16)22-24-23-21(25-22)15-17-10-12-19(13-11-17)18-7-3-2-4-8-18/h2-14H,15H2,1H3. The average Bonchev–Trinajstić information content (AvgIpc) is 3.12. The summed E-state index contributed by atoms with van der Waals surface area (Å²) in [4.78, 5) is 0. The predicted octanol–water partition coefficient (Wildman–Crippen LogP) is 5.30. The van der Waals surface area contributed by atoms with Crippen molar-refractivity contribution in [2.45, 2.75) is 13.3 Å². The van der Waals surface area contributed by atoms with Gasteiger partial charge in [-0.1, -0.05) is 72.3 Å². The summed E-state index contributed by atoms with van der Waals surface area (Å²) in [5.41, 5.74) is 5.70. The Morgan fingerprint density at radius 2 is 1.44 bits per heavy atom. The van der Waals surface area contributed by atoms with Gasteiger partial charge in [0.1, 0.15) is 0 Å². The van der Waals surface area contributed by atoms with E-state index in [1.165, 1.54) is 16.7 Å². The molecule has 0 N–H and O–H groups in total. The third-order valence-electron chi connectivity index (χ3n) is 4.15. The number of benzene rings is 3. The zero-order valence-corrected chi connectivity index (χ0v) is 14.0. The second-order valence-electron chi connectivity index (χ2n) is 6.11. The van der Waals surface area contributed by atoms with Crippen molar-refractivity contribution in [1.29, 1.82) is 0 Å². The van der Waals surface area contributed by atoms with Crippen molar-refractivity contribution < 1.29 is 4.42 Å². The van der Waals surface area contributed by atoms with E-state index >= 15 is 0 Å². The van der Waals surface area contributed by atoms with Crippen molar-refractivity contribution >= 4 is 0 Å². The van der Waals surface area contributed by atoms with Crippen molar-refractivity contribution in [1.82, 2.24) is 10.2 Å². The maximum Gasteiger partial charge on any atom is 0.247 e. The van der Waals surface area contributed by atoms with Crippen LogP contribution in [0.3, 0.4) is 0 Å². The lowest BCUT2D eigenvalue weighted by molar-refractivity contribution is 0.518. The van der Waals surface area contributed by atoms with Gasteiger partial charge in [-0.15, -0.1) is 10.2 Å². The van der Waals surface area contributed by atoms with Crippen molar-refractivity contribution in [3.05, 3.63) is 95.9 Å². The van der Waals surface area contributed by atoms with E-state index in [0.717, 1.165) is 11.1 Å². The van der Waals surface area contributed by atoms with E-state index in [1.54, 1.807) is 0 Å². The molecule has 0 bridgehead atoms. The van der Waals surface area contributed by atoms with Gasteiger partial charge in [0.25, 0.3) is 0 Å². The Hall–Kier alpha value is -3.20. The molecule has 0 saturated heterocycles. The SMILES string of the molecule is Cc1cccc(-c2nnc(Cc3ccc(-c4ccccc4)cc3)o2)c1. The molecule has 3 heteroatoms. The third kappa shape index (κ3) is 3.50. The lowest BCUT2D eigenvalue weighted by Gasteiger charge is -2.03. The minimum Gasteiger partial charge on any atom is -0.420 e. The lowest BCUT2D eigenvalue weighted by atomic mass is 10.0. The Morgan fingerprint density at radius 1 is 0.720 bits per heavy atom. The molecule has 0 aliphatic carbocycles. The van der Waals surface area contributed by atoms with Crippen LogP contribution >= 0.6 is 0 Å². The number of nitrogens with zero attached hydrogens (tertiary/aromatic N) is 2. The Bertz CT molecular complexity index is 972. The van der Waals surface area contributed by atoms with Crippen LogP contribution in [0.25, 0.3) is 22.6 Å². The van der Waals surface area contributed by atoms with E-state index in [9.17, 15) is 0 Å². The van der Waals surface area contributed by atoms with Crippen LogP contribution in [0, 0.1) is 6.92 Å². The summed E-state index contributed by atoms with van der Waals surface area (Å²) in [6.07, 6.45) is 0.633. The largest absolute Gasteiger partial charge is 0.420 e. The van der Waals surface area contributed by atoms with Crippen molar-refractivity contribution in [3.63, 3.8) is 0 Å². The molecule has 0 radical (unpaired) electrons. The highest BCUT2D eigenvalue weighted by Gasteiger charge is 2.09. The van der Waals surface area contributed by atoms with Crippen molar-refractivity contribution in [2.75, 3.05) is 0 Å². The van der Waals surface area contributed by atoms with Gasteiger partial charge in [0.2, 0.25) is 11.8 Å². The molecule has 0 unspecified atom stereocenters. The molecule has 1 heterocycles. The first kappa shape index (κ1) is 15.3. The fourth-order valence-corrected chi connectivity index (χ4v) is 2.84. The molecule has 0 atom stereocenters. The van der Waals surface area contributed by atoms with Gasteiger partial charge in [0.15, 0.2) is 0 Å². The molecule has 0 amide bonds. The molecular formula is C22H18N2O. The van der Waals surface area contributed by atoms with E-state index in [0.29, 0.717) is 18.2 Å². The number of aryl methyl sites for hydroxylation is 1. The fraction of sp³-hybridized carbons (Fsp3) is 0.0909. The number of rotatable bonds is 4. The van der Waals surface area contributed by atoms with Crippen molar-refractivity contribution in [3.8, 4) is 22.6 Å². The van der Waals surface area contributed by atoms with Gasteiger partial charge in [-0.05, 0) is 35.7 Å². The van der Waals surface area contributed by atoms with Gasteiger partial charge >= 0.3 is 0 Å². The van der Waals surface area contributed by atoms with Crippen LogP contribution in [-0.4, -0.2) is 10.2 Å². The predicted molar refractivity (Wildman–Crippen MR) is 99.2 cm³/mol. The topological polar surface area (TPSA) is 38.9 Å². The van der Waals surface area contributed by atoms with E-state index < -0.39 is 0 Å². The van der Waals surface area contributed by atoms with Crippen LogP contribution in [0.1, 0.15) is 17.0 Å². The van der Waals surface area contributed by atoms with Gasteiger partial charge in [-0.25, -0.2) is 0 Å². The molecule has 0 saturated carbocycles. The number of aromatic nitrogens is 2. The second kappa shape index (κ2) is 6.73. The van der Waals surface area contributed by atoms with Gasteiger partial charge in [0.05, 0.1) is 6.42 Å². The Kier molecular flexibility index (Phi) is 4.13. The quantitative estimate of drug-likeness (QED) is 0.510. The monoisotopic (exact) mass is 326 g/mol.